The Kier molecular flexibility index (Phi) is 8.22. The van der Waals surface area contributed by atoms with Gasteiger partial charge in [0.1, 0.15) is 0 Å². The third-order valence-corrected chi connectivity index (χ3v) is 1.80. The minimum Gasteiger partial charge on any atom is -0.448 e. The molecule has 84 valence electrons. The molecule has 0 atom stereocenters. The summed E-state index contributed by atoms with van der Waals surface area (Å²) in [6.45, 7) is 1.36. The van der Waals surface area contributed by atoms with E-state index in [-0.39, 0.29) is 11.7 Å². The Hall–Kier alpha value is -0.840. The lowest BCUT2D eigenvalue weighted by atomic mass is 10.2. The number of carbonyl (C=O) groups excluding carboxylic acids is 1. The summed E-state index contributed by atoms with van der Waals surface area (Å²) in [7, 11) is 0. The zero-order valence-corrected chi connectivity index (χ0v) is 8.54. The molecule has 0 radical (unpaired) electrons. The highest BCUT2D eigenvalue weighted by Crippen LogP contribution is 2.03. The standard InChI is InChI=1S/C9H18FNO3/c1-2-3-4-5-6-7-14-9(13)11(10)8-12/h12H,2-8H2,1H3. The summed E-state index contributed by atoms with van der Waals surface area (Å²) in [6.07, 6.45) is 4.02. The Labute approximate surface area is 83.6 Å². The maximum absolute atomic E-state index is 12.3. The third kappa shape index (κ3) is 6.65. The summed E-state index contributed by atoms with van der Waals surface area (Å²) >= 11 is 0. The second kappa shape index (κ2) is 8.74. The molecule has 0 aliphatic carbocycles. The van der Waals surface area contributed by atoms with Gasteiger partial charge >= 0.3 is 6.09 Å². The number of unbranched alkanes of at least 4 members (excludes halogenated alkanes) is 4. The molecule has 0 bridgehead atoms. The van der Waals surface area contributed by atoms with Crippen LogP contribution in [0.25, 0.3) is 0 Å². The molecule has 1 N–H and O–H groups in total. The first-order chi connectivity index (χ1) is 6.72. The molecular formula is C9H18FNO3. The molecule has 0 aromatic heterocycles. The Morgan fingerprint density at radius 3 is 2.57 bits per heavy atom. The van der Waals surface area contributed by atoms with Gasteiger partial charge in [0.2, 0.25) is 0 Å². The van der Waals surface area contributed by atoms with E-state index in [9.17, 15) is 9.28 Å². The Morgan fingerprint density at radius 2 is 2.00 bits per heavy atom. The van der Waals surface area contributed by atoms with Crippen molar-refractivity contribution in [1.29, 1.82) is 0 Å². The van der Waals surface area contributed by atoms with Gasteiger partial charge in [0.15, 0.2) is 6.73 Å². The molecule has 0 saturated heterocycles. The van der Waals surface area contributed by atoms with Crippen LogP contribution in [0.5, 0.6) is 0 Å². The van der Waals surface area contributed by atoms with Gasteiger partial charge in [-0.25, -0.2) is 4.79 Å². The van der Waals surface area contributed by atoms with Crippen LogP contribution in [0.4, 0.5) is 9.28 Å². The van der Waals surface area contributed by atoms with Gasteiger partial charge in [0, 0.05) is 0 Å². The number of rotatable bonds is 7. The highest BCUT2D eigenvalue weighted by molar-refractivity contribution is 5.65. The lowest BCUT2D eigenvalue weighted by Gasteiger charge is -2.08. The van der Waals surface area contributed by atoms with Crippen LogP contribution in [-0.4, -0.2) is 29.7 Å². The SMILES string of the molecule is CCCCCCCOC(=O)N(F)CO. The van der Waals surface area contributed by atoms with Gasteiger partial charge in [-0.3, -0.25) is 0 Å². The summed E-state index contributed by atoms with van der Waals surface area (Å²) in [5, 5.41) is 7.86. The number of nitrogens with zero attached hydrogens (tertiary/aromatic N) is 1. The van der Waals surface area contributed by atoms with Crippen LogP contribution in [0, 0.1) is 0 Å². The van der Waals surface area contributed by atoms with Crippen LogP contribution < -0.4 is 0 Å². The topological polar surface area (TPSA) is 49.8 Å². The van der Waals surface area contributed by atoms with Crippen molar-refractivity contribution in [3.05, 3.63) is 0 Å². The molecule has 0 aromatic rings. The quantitative estimate of drug-likeness (QED) is 0.395. The van der Waals surface area contributed by atoms with E-state index in [4.69, 9.17) is 5.11 Å². The van der Waals surface area contributed by atoms with E-state index in [2.05, 4.69) is 11.7 Å². The van der Waals surface area contributed by atoms with Crippen LogP contribution in [0.2, 0.25) is 0 Å². The van der Waals surface area contributed by atoms with Crippen molar-refractivity contribution in [1.82, 2.24) is 5.12 Å². The van der Waals surface area contributed by atoms with Crippen molar-refractivity contribution in [3.8, 4) is 0 Å². The number of hydrogen-bond donors (Lipinski definition) is 1. The lowest BCUT2D eigenvalue weighted by molar-refractivity contribution is -0.0430. The van der Waals surface area contributed by atoms with Crippen LogP contribution in [-0.2, 0) is 4.74 Å². The number of aliphatic hydroxyl groups is 1. The molecule has 14 heavy (non-hydrogen) atoms. The second-order valence-corrected chi connectivity index (χ2v) is 3.03. The van der Waals surface area contributed by atoms with Gasteiger partial charge in [0.05, 0.1) is 6.61 Å². The van der Waals surface area contributed by atoms with E-state index < -0.39 is 12.8 Å². The number of carbonyl (C=O) groups is 1. The summed E-state index contributed by atoms with van der Waals surface area (Å²) in [6, 6.07) is 0. The van der Waals surface area contributed by atoms with Gasteiger partial charge in [0.25, 0.3) is 0 Å². The summed E-state index contributed by atoms with van der Waals surface area (Å²) in [5.41, 5.74) is 0. The first kappa shape index (κ1) is 13.2. The summed E-state index contributed by atoms with van der Waals surface area (Å²) in [4.78, 5) is 10.6. The molecular weight excluding hydrogens is 189 g/mol. The minimum atomic E-state index is -1.12. The predicted molar refractivity (Wildman–Crippen MR) is 50.1 cm³/mol. The molecule has 4 nitrogen and oxygen atoms in total. The summed E-state index contributed by atoms with van der Waals surface area (Å²) in [5.74, 6) is 0. The van der Waals surface area contributed by atoms with Crippen molar-refractivity contribution in [3.63, 3.8) is 0 Å². The fraction of sp³-hybridized carbons (Fsp3) is 0.889. The number of hydrogen-bond acceptors (Lipinski definition) is 3. The Bertz CT molecular complexity index is 155. The van der Waals surface area contributed by atoms with E-state index in [1.54, 1.807) is 0 Å². The normalized spacial score (nSPS) is 9.93. The molecule has 0 unspecified atom stereocenters. The number of amides is 1. The lowest BCUT2D eigenvalue weighted by Crippen LogP contribution is -2.24. The van der Waals surface area contributed by atoms with Gasteiger partial charge in [-0.15, -0.1) is 5.12 Å². The first-order valence-corrected chi connectivity index (χ1v) is 4.93. The largest absolute Gasteiger partial charge is 0.448 e. The number of aliphatic hydroxyl groups excluding tert-OH is 1. The summed E-state index contributed by atoms with van der Waals surface area (Å²) < 4.78 is 16.8. The van der Waals surface area contributed by atoms with E-state index in [1.807, 2.05) is 0 Å². The number of halogens is 1. The van der Waals surface area contributed by atoms with Crippen molar-refractivity contribution in [2.24, 2.45) is 0 Å². The molecule has 0 fully saturated rings. The highest BCUT2D eigenvalue weighted by atomic mass is 19.2. The first-order valence-electron chi connectivity index (χ1n) is 4.93. The van der Waals surface area contributed by atoms with E-state index >= 15 is 0 Å². The molecule has 0 aromatic carbocycles. The molecule has 0 aliphatic rings. The fourth-order valence-electron chi connectivity index (χ4n) is 0.993. The average Bonchev–Trinajstić information content (AvgIpc) is 2.21. The van der Waals surface area contributed by atoms with Gasteiger partial charge in [-0.05, 0) is 6.42 Å². The van der Waals surface area contributed by atoms with Gasteiger partial charge in [-0.2, -0.15) is 0 Å². The third-order valence-electron chi connectivity index (χ3n) is 1.80. The van der Waals surface area contributed by atoms with Crippen molar-refractivity contribution in [2.45, 2.75) is 39.0 Å². The van der Waals surface area contributed by atoms with Crippen molar-refractivity contribution >= 4 is 6.09 Å². The molecule has 0 aliphatic heterocycles. The second-order valence-electron chi connectivity index (χ2n) is 3.03. The van der Waals surface area contributed by atoms with Gasteiger partial charge < -0.3 is 9.84 Å². The molecule has 0 rings (SSSR count). The fourth-order valence-corrected chi connectivity index (χ4v) is 0.993. The van der Waals surface area contributed by atoms with Crippen LogP contribution in [0.3, 0.4) is 0 Å². The van der Waals surface area contributed by atoms with Crippen molar-refractivity contribution in [2.75, 3.05) is 13.3 Å². The van der Waals surface area contributed by atoms with Crippen LogP contribution in [0.15, 0.2) is 0 Å². The van der Waals surface area contributed by atoms with E-state index in [0.29, 0.717) is 0 Å². The minimum absolute atomic E-state index is 0.211. The monoisotopic (exact) mass is 207 g/mol. The Balaban J connectivity index is 3.23. The maximum Gasteiger partial charge on any atom is 0.440 e. The predicted octanol–water partition coefficient (Wildman–Crippen LogP) is 2.23. The van der Waals surface area contributed by atoms with E-state index in [1.165, 1.54) is 6.42 Å². The Morgan fingerprint density at radius 1 is 1.36 bits per heavy atom. The van der Waals surface area contributed by atoms with E-state index in [0.717, 1.165) is 25.7 Å². The smallest absolute Gasteiger partial charge is 0.440 e. The zero-order chi connectivity index (χ0) is 10.8. The zero-order valence-electron chi connectivity index (χ0n) is 8.54. The molecule has 1 amide bonds. The molecule has 0 spiro atoms. The van der Waals surface area contributed by atoms with Gasteiger partial charge in [-0.1, -0.05) is 37.1 Å². The van der Waals surface area contributed by atoms with Crippen molar-refractivity contribution < 1.29 is 19.1 Å². The molecule has 0 heterocycles. The van der Waals surface area contributed by atoms with Crippen LogP contribution in [0.1, 0.15) is 39.0 Å². The number of ether oxygens (including phenoxy) is 1. The average molecular weight is 207 g/mol. The molecule has 5 heteroatoms. The maximum atomic E-state index is 12.3. The van der Waals surface area contributed by atoms with Crippen LogP contribution >= 0.6 is 0 Å². The highest BCUT2D eigenvalue weighted by Gasteiger charge is 2.11. The molecule has 0 saturated carbocycles.